The van der Waals surface area contributed by atoms with E-state index in [1.165, 1.54) is 32.1 Å². The lowest BCUT2D eigenvalue weighted by molar-refractivity contribution is -0.135. The SMILES string of the molecule is CC(C)C1CNCCN1C(=O)CCC1CCCCC1. The van der Waals surface area contributed by atoms with Crippen LogP contribution < -0.4 is 5.32 Å². The lowest BCUT2D eigenvalue weighted by atomic mass is 9.86. The Labute approximate surface area is 118 Å². The van der Waals surface area contributed by atoms with Gasteiger partial charge in [-0.15, -0.1) is 0 Å². The van der Waals surface area contributed by atoms with Gasteiger partial charge in [0, 0.05) is 32.1 Å². The largest absolute Gasteiger partial charge is 0.337 e. The van der Waals surface area contributed by atoms with E-state index in [2.05, 4.69) is 24.1 Å². The molecule has 19 heavy (non-hydrogen) atoms. The molecule has 0 bridgehead atoms. The maximum absolute atomic E-state index is 12.5. The molecule has 0 aromatic rings. The molecule has 2 rings (SSSR count). The normalized spacial score (nSPS) is 25.8. The number of nitrogens with one attached hydrogen (secondary N) is 1. The fourth-order valence-electron chi connectivity index (χ4n) is 3.58. The average Bonchev–Trinajstić information content (AvgIpc) is 2.46. The summed E-state index contributed by atoms with van der Waals surface area (Å²) < 4.78 is 0. The maximum Gasteiger partial charge on any atom is 0.222 e. The molecule has 1 aliphatic heterocycles. The van der Waals surface area contributed by atoms with Crippen molar-refractivity contribution in [1.29, 1.82) is 0 Å². The van der Waals surface area contributed by atoms with E-state index >= 15 is 0 Å². The molecule has 0 aromatic carbocycles. The molecule has 1 amide bonds. The van der Waals surface area contributed by atoms with Crippen LogP contribution in [0.15, 0.2) is 0 Å². The number of nitrogens with zero attached hydrogens (tertiary/aromatic N) is 1. The number of carbonyl (C=O) groups is 1. The van der Waals surface area contributed by atoms with Gasteiger partial charge in [-0.3, -0.25) is 4.79 Å². The second-order valence-corrected chi connectivity index (χ2v) is 6.65. The second kappa shape index (κ2) is 7.28. The van der Waals surface area contributed by atoms with Gasteiger partial charge in [0.05, 0.1) is 0 Å². The molecule has 1 N–H and O–H groups in total. The van der Waals surface area contributed by atoms with Crippen LogP contribution in [0, 0.1) is 11.8 Å². The van der Waals surface area contributed by atoms with E-state index < -0.39 is 0 Å². The van der Waals surface area contributed by atoms with Crippen molar-refractivity contribution < 1.29 is 4.79 Å². The first kappa shape index (κ1) is 14.8. The van der Waals surface area contributed by atoms with E-state index in [0.717, 1.165) is 38.4 Å². The molecule has 110 valence electrons. The molecule has 1 saturated carbocycles. The van der Waals surface area contributed by atoms with Gasteiger partial charge in [-0.05, 0) is 18.3 Å². The molecule has 1 heterocycles. The number of amides is 1. The Kier molecular flexibility index (Phi) is 5.68. The molecule has 1 saturated heterocycles. The Balaban J connectivity index is 1.80. The van der Waals surface area contributed by atoms with Crippen molar-refractivity contribution >= 4 is 5.91 Å². The van der Waals surface area contributed by atoms with E-state index in [1.807, 2.05) is 0 Å². The van der Waals surface area contributed by atoms with Crippen LogP contribution in [0.5, 0.6) is 0 Å². The van der Waals surface area contributed by atoms with E-state index in [-0.39, 0.29) is 0 Å². The molecule has 3 heteroatoms. The zero-order valence-electron chi connectivity index (χ0n) is 12.7. The molecule has 3 nitrogen and oxygen atoms in total. The fourth-order valence-corrected chi connectivity index (χ4v) is 3.58. The third-order valence-electron chi connectivity index (χ3n) is 4.86. The van der Waals surface area contributed by atoms with Crippen molar-refractivity contribution in [3.63, 3.8) is 0 Å². The van der Waals surface area contributed by atoms with E-state index in [4.69, 9.17) is 0 Å². The average molecular weight is 266 g/mol. The minimum Gasteiger partial charge on any atom is -0.337 e. The van der Waals surface area contributed by atoms with Gasteiger partial charge in [0.1, 0.15) is 0 Å². The molecule has 0 aromatic heterocycles. The third-order valence-corrected chi connectivity index (χ3v) is 4.86. The standard InChI is InChI=1S/C16H30N2O/c1-13(2)15-12-17-10-11-18(15)16(19)9-8-14-6-4-3-5-7-14/h13-15,17H,3-12H2,1-2H3. The Morgan fingerprint density at radius 2 is 2.00 bits per heavy atom. The summed E-state index contributed by atoms with van der Waals surface area (Å²) in [5.74, 6) is 1.76. The van der Waals surface area contributed by atoms with Crippen molar-refractivity contribution in [3.05, 3.63) is 0 Å². The van der Waals surface area contributed by atoms with Crippen LogP contribution >= 0.6 is 0 Å². The summed E-state index contributed by atoms with van der Waals surface area (Å²) in [6.07, 6.45) is 8.74. The highest BCUT2D eigenvalue weighted by Crippen LogP contribution is 2.28. The highest BCUT2D eigenvalue weighted by molar-refractivity contribution is 5.76. The summed E-state index contributed by atoms with van der Waals surface area (Å²) in [6.45, 7) is 7.26. The zero-order chi connectivity index (χ0) is 13.7. The second-order valence-electron chi connectivity index (χ2n) is 6.65. The Hall–Kier alpha value is -0.570. The molecule has 2 fully saturated rings. The van der Waals surface area contributed by atoms with Crippen molar-refractivity contribution in [2.45, 2.75) is 64.8 Å². The molecule has 0 spiro atoms. The summed E-state index contributed by atoms with van der Waals surface area (Å²) >= 11 is 0. The molecule has 2 aliphatic rings. The Bertz CT molecular complexity index is 284. The lowest BCUT2D eigenvalue weighted by Crippen LogP contribution is -2.55. The predicted molar refractivity (Wildman–Crippen MR) is 79.0 cm³/mol. The summed E-state index contributed by atoms with van der Waals surface area (Å²) in [5, 5.41) is 3.41. The fraction of sp³-hybridized carbons (Fsp3) is 0.938. The topological polar surface area (TPSA) is 32.3 Å². The molecule has 1 unspecified atom stereocenters. The smallest absolute Gasteiger partial charge is 0.222 e. The minimum absolute atomic E-state index is 0.394. The van der Waals surface area contributed by atoms with Crippen molar-refractivity contribution in [2.24, 2.45) is 11.8 Å². The number of rotatable bonds is 4. The summed E-state index contributed by atoms with van der Waals surface area (Å²) in [4.78, 5) is 14.6. The summed E-state index contributed by atoms with van der Waals surface area (Å²) in [7, 11) is 0. The van der Waals surface area contributed by atoms with Crippen molar-refractivity contribution in [2.75, 3.05) is 19.6 Å². The highest BCUT2D eigenvalue weighted by atomic mass is 16.2. The third kappa shape index (κ3) is 4.20. The zero-order valence-corrected chi connectivity index (χ0v) is 12.7. The highest BCUT2D eigenvalue weighted by Gasteiger charge is 2.28. The van der Waals surface area contributed by atoms with E-state index in [9.17, 15) is 4.79 Å². The van der Waals surface area contributed by atoms with Crippen LogP contribution in [-0.2, 0) is 4.79 Å². The first-order valence-corrected chi connectivity index (χ1v) is 8.18. The van der Waals surface area contributed by atoms with Crippen LogP contribution in [0.1, 0.15) is 58.8 Å². The van der Waals surface area contributed by atoms with Crippen LogP contribution in [0.25, 0.3) is 0 Å². The first-order valence-electron chi connectivity index (χ1n) is 8.18. The number of piperazine rings is 1. The predicted octanol–water partition coefficient (Wildman–Crippen LogP) is 2.80. The van der Waals surface area contributed by atoms with E-state index in [0.29, 0.717) is 17.9 Å². The number of hydrogen-bond acceptors (Lipinski definition) is 2. The number of carbonyl (C=O) groups excluding carboxylic acids is 1. The molecule has 1 aliphatic carbocycles. The lowest BCUT2D eigenvalue weighted by Gasteiger charge is -2.39. The van der Waals surface area contributed by atoms with Crippen LogP contribution in [0.3, 0.4) is 0 Å². The van der Waals surface area contributed by atoms with Crippen LogP contribution in [0.2, 0.25) is 0 Å². The van der Waals surface area contributed by atoms with Crippen LogP contribution in [-0.4, -0.2) is 36.5 Å². The van der Waals surface area contributed by atoms with Gasteiger partial charge in [-0.2, -0.15) is 0 Å². The van der Waals surface area contributed by atoms with Crippen molar-refractivity contribution in [1.82, 2.24) is 10.2 Å². The molecular formula is C16H30N2O. The van der Waals surface area contributed by atoms with Gasteiger partial charge in [0.2, 0.25) is 5.91 Å². The van der Waals surface area contributed by atoms with E-state index in [1.54, 1.807) is 0 Å². The van der Waals surface area contributed by atoms with Crippen molar-refractivity contribution in [3.8, 4) is 0 Å². The summed E-state index contributed by atoms with van der Waals surface area (Å²) in [5.41, 5.74) is 0. The maximum atomic E-state index is 12.5. The molecule has 1 atom stereocenters. The molecule has 0 radical (unpaired) electrons. The van der Waals surface area contributed by atoms with Gasteiger partial charge < -0.3 is 10.2 Å². The first-order chi connectivity index (χ1) is 9.18. The Morgan fingerprint density at radius 3 is 2.68 bits per heavy atom. The Morgan fingerprint density at radius 1 is 1.26 bits per heavy atom. The quantitative estimate of drug-likeness (QED) is 0.848. The number of hydrogen-bond donors (Lipinski definition) is 1. The van der Waals surface area contributed by atoms with Gasteiger partial charge >= 0.3 is 0 Å². The van der Waals surface area contributed by atoms with Gasteiger partial charge in [0.15, 0.2) is 0 Å². The van der Waals surface area contributed by atoms with Gasteiger partial charge in [0.25, 0.3) is 0 Å². The summed E-state index contributed by atoms with van der Waals surface area (Å²) in [6, 6.07) is 0.396. The molecular weight excluding hydrogens is 236 g/mol. The van der Waals surface area contributed by atoms with Gasteiger partial charge in [-0.25, -0.2) is 0 Å². The minimum atomic E-state index is 0.394. The van der Waals surface area contributed by atoms with Gasteiger partial charge in [-0.1, -0.05) is 46.0 Å². The van der Waals surface area contributed by atoms with Crippen LogP contribution in [0.4, 0.5) is 0 Å². The monoisotopic (exact) mass is 266 g/mol.